The van der Waals surface area contributed by atoms with E-state index in [-0.39, 0.29) is 18.7 Å². The van der Waals surface area contributed by atoms with Crippen LogP contribution in [0.25, 0.3) is 0 Å². The van der Waals surface area contributed by atoms with Crippen molar-refractivity contribution in [3.8, 4) is 0 Å². The van der Waals surface area contributed by atoms with Gasteiger partial charge in [0.1, 0.15) is 12.5 Å². The standard InChI is InChI=1S/C8H12F3NO/c1-6(2)7(4-13)3-12-5-8(9,10)11/h4-7H,3H2,1-2H3/t7-/m1/s1. The van der Waals surface area contributed by atoms with Gasteiger partial charge >= 0.3 is 6.18 Å². The topological polar surface area (TPSA) is 29.4 Å². The van der Waals surface area contributed by atoms with E-state index in [4.69, 9.17) is 0 Å². The molecule has 0 aromatic rings. The van der Waals surface area contributed by atoms with Gasteiger partial charge in [-0.3, -0.25) is 4.99 Å². The van der Waals surface area contributed by atoms with Gasteiger partial charge in [-0.15, -0.1) is 0 Å². The van der Waals surface area contributed by atoms with Crippen molar-refractivity contribution in [1.82, 2.24) is 0 Å². The minimum Gasteiger partial charge on any atom is -0.303 e. The molecule has 0 radical (unpaired) electrons. The molecule has 2 nitrogen and oxygen atoms in total. The molecule has 0 spiro atoms. The third-order valence-electron chi connectivity index (χ3n) is 1.58. The zero-order valence-electron chi connectivity index (χ0n) is 7.51. The highest BCUT2D eigenvalue weighted by molar-refractivity contribution is 5.64. The summed E-state index contributed by atoms with van der Waals surface area (Å²) in [6.07, 6.45) is -3.82. The zero-order chi connectivity index (χ0) is 10.5. The maximum Gasteiger partial charge on any atom is 0.426 e. The Kier molecular flexibility index (Phi) is 4.66. The van der Waals surface area contributed by atoms with E-state index in [0.717, 1.165) is 0 Å². The second kappa shape index (κ2) is 4.99. The van der Waals surface area contributed by atoms with Gasteiger partial charge < -0.3 is 4.79 Å². The number of nitrogens with zero attached hydrogens (tertiary/aromatic N) is 1. The van der Waals surface area contributed by atoms with Crippen molar-refractivity contribution in [3.63, 3.8) is 0 Å². The molecule has 1 atom stereocenters. The lowest BCUT2D eigenvalue weighted by Crippen LogP contribution is -2.16. The minimum absolute atomic E-state index is 0.0166. The molecule has 0 aliphatic rings. The summed E-state index contributed by atoms with van der Waals surface area (Å²) in [5, 5.41) is 0. The summed E-state index contributed by atoms with van der Waals surface area (Å²) in [6.45, 7) is 3.44. The van der Waals surface area contributed by atoms with Crippen molar-refractivity contribution in [2.75, 3.05) is 6.54 Å². The smallest absolute Gasteiger partial charge is 0.303 e. The number of hydrogen-bond acceptors (Lipinski definition) is 2. The Morgan fingerprint density at radius 3 is 2.23 bits per heavy atom. The predicted octanol–water partition coefficient (Wildman–Crippen LogP) is 2.09. The summed E-state index contributed by atoms with van der Waals surface area (Å²) in [5.74, 6) is -0.415. The maximum absolute atomic E-state index is 11.6. The maximum atomic E-state index is 11.6. The summed E-state index contributed by atoms with van der Waals surface area (Å²) in [4.78, 5) is 13.5. The normalized spacial score (nSPS) is 15.2. The Morgan fingerprint density at radius 1 is 1.38 bits per heavy atom. The van der Waals surface area contributed by atoms with Crippen molar-refractivity contribution in [3.05, 3.63) is 0 Å². The molecule has 0 rings (SSSR count). The summed E-state index contributed by atoms with van der Waals surface area (Å²) >= 11 is 0. The number of carbonyl (C=O) groups excluding carboxylic acids is 1. The van der Waals surface area contributed by atoms with Crippen molar-refractivity contribution in [1.29, 1.82) is 0 Å². The quantitative estimate of drug-likeness (QED) is 0.499. The van der Waals surface area contributed by atoms with E-state index in [9.17, 15) is 18.0 Å². The van der Waals surface area contributed by atoms with E-state index in [2.05, 4.69) is 4.99 Å². The van der Waals surface area contributed by atoms with Crippen LogP contribution in [0, 0.1) is 11.8 Å². The average Bonchev–Trinajstić information content (AvgIpc) is 1.95. The number of hydrogen-bond donors (Lipinski definition) is 0. The van der Waals surface area contributed by atoms with Crippen LogP contribution in [0.15, 0.2) is 4.99 Å². The SMILES string of the molecule is CC(C)[C@@H](C=O)CN=CC(F)(F)F. The molecule has 0 aromatic heterocycles. The van der Waals surface area contributed by atoms with E-state index in [1.54, 1.807) is 13.8 Å². The first kappa shape index (κ1) is 12.1. The Labute approximate surface area is 74.8 Å². The van der Waals surface area contributed by atoms with Gasteiger partial charge in [0.05, 0.1) is 0 Å². The number of aliphatic imine (C=N–C) groups is 1. The molecule has 0 aliphatic carbocycles. The van der Waals surface area contributed by atoms with Gasteiger partial charge in [0, 0.05) is 12.5 Å². The van der Waals surface area contributed by atoms with Gasteiger partial charge in [-0.05, 0) is 5.92 Å². The molecule has 0 amide bonds. The Morgan fingerprint density at radius 2 is 1.92 bits per heavy atom. The van der Waals surface area contributed by atoms with E-state index in [1.165, 1.54) is 0 Å². The molecule has 0 aliphatic heterocycles. The molecule has 0 saturated heterocycles. The first-order valence-corrected chi connectivity index (χ1v) is 3.90. The van der Waals surface area contributed by atoms with E-state index in [1.807, 2.05) is 0 Å². The van der Waals surface area contributed by atoms with Crippen molar-refractivity contribution in [2.45, 2.75) is 20.0 Å². The fourth-order valence-corrected chi connectivity index (χ4v) is 0.689. The average molecular weight is 195 g/mol. The lowest BCUT2D eigenvalue weighted by molar-refractivity contribution is -0.111. The molecular formula is C8H12F3NO. The Hall–Kier alpha value is -0.870. The number of alkyl halides is 3. The molecule has 0 heterocycles. The van der Waals surface area contributed by atoms with Gasteiger partial charge in [0.2, 0.25) is 0 Å². The Bertz CT molecular complexity index is 186. The molecule has 0 fully saturated rings. The minimum atomic E-state index is -4.38. The highest BCUT2D eigenvalue weighted by Crippen LogP contribution is 2.12. The number of rotatable bonds is 4. The van der Waals surface area contributed by atoms with Gasteiger partial charge in [-0.1, -0.05) is 13.8 Å². The van der Waals surface area contributed by atoms with Gasteiger partial charge in [-0.25, -0.2) is 0 Å². The van der Waals surface area contributed by atoms with E-state index < -0.39 is 12.1 Å². The summed E-state index contributed by atoms with van der Waals surface area (Å²) in [6, 6.07) is 0. The van der Waals surface area contributed by atoms with Crippen LogP contribution in [-0.4, -0.2) is 25.2 Å². The van der Waals surface area contributed by atoms with Crippen LogP contribution in [-0.2, 0) is 4.79 Å². The molecule has 0 unspecified atom stereocenters. The van der Waals surface area contributed by atoms with Crippen LogP contribution < -0.4 is 0 Å². The van der Waals surface area contributed by atoms with Gasteiger partial charge in [0.15, 0.2) is 0 Å². The lowest BCUT2D eigenvalue weighted by Gasteiger charge is -2.10. The summed E-state index contributed by atoms with van der Waals surface area (Å²) < 4.78 is 34.7. The second-order valence-electron chi connectivity index (χ2n) is 3.08. The first-order chi connectivity index (χ1) is 5.87. The molecule has 0 bridgehead atoms. The van der Waals surface area contributed by atoms with Crippen LogP contribution in [0.3, 0.4) is 0 Å². The second-order valence-corrected chi connectivity index (χ2v) is 3.08. The third kappa shape index (κ3) is 6.31. The lowest BCUT2D eigenvalue weighted by atomic mass is 9.98. The number of aldehydes is 1. The van der Waals surface area contributed by atoms with E-state index in [0.29, 0.717) is 6.29 Å². The van der Waals surface area contributed by atoms with Gasteiger partial charge in [0.25, 0.3) is 0 Å². The fraction of sp³-hybridized carbons (Fsp3) is 0.750. The van der Waals surface area contributed by atoms with Crippen molar-refractivity contribution < 1.29 is 18.0 Å². The van der Waals surface area contributed by atoms with Crippen molar-refractivity contribution >= 4 is 12.5 Å². The molecule has 76 valence electrons. The van der Waals surface area contributed by atoms with Crippen LogP contribution in [0.1, 0.15) is 13.8 Å². The first-order valence-electron chi connectivity index (χ1n) is 3.90. The highest BCUT2D eigenvalue weighted by atomic mass is 19.4. The predicted molar refractivity (Wildman–Crippen MR) is 43.8 cm³/mol. The molecular weight excluding hydrogens is 183 g/mol. The molecule has 0 saturated carbocycles. The fourth-order valence-electron chi connectivity index (χ4n) is 0.689. The molecule has 0 N–H and O–H groups in total. The summed E-state index contributed by atoms with van der Waals surface area (Å²) in [5.41, 5.74) is 0. The number of carbonyl (C=O) groups is 1. The van der Waals surface area contributed by atoms with Crippen LogP contribution >= 0.6 is 0 Å². The third-order valence-corrected chi connectivity index (χ3v) is 1.58. The van der Waals surface area contributed by atoms with E-state index >= 15 is 0 Å². The highest BCUT2D eigenvalue weighted by Gasteiger charge is 2.23. The largest absolute Gasteiger partial charge is 0.426 e. The summed E-state index contributed by atoms with van der Waals surface area (Å²) in [7, 11) is 0. The molecule has 0 aromatic carbocycles. The van der Waals surface area contributed by atoms with Crippen LogP contribution in [0.4, 0.5) is 13.2 Å². The molecule has 5 heteroatoms. The number of halogens is 3. The Balaban J connectivity index is 3.99. The zero-order valence-corrected chi connectivity index (χ0v) is 7.51. The monoisotopic (exact) mass is 195 g/mol. The van der Waals surface area contributed by atoms with Crippen molar-refractivity contribution in [2.24, 2.45) is 16.8 Å². The van der Waals surface area contributed by atoms with Gasteiger partial charge in [-0.2, -0.15) is 13.2 Å². The van der Waals surface area contributed by atoms with Crippen LogP contribution in [0.5, 0.6) is 0 Å². The van der Waals surface area contributed by atoms with Crippen LogP contribution in [0.2, 0.25) is 0 Å². The molecule has 13 heavy (non-hydrogen) atoms.